The molecule has 0 amide bonds. The quantitative estimate of drug-likeness (QED) is 0.621. The molecule has 84 valence electrons. The minimum atomic E-state index is -1.04. The highest BCUT2D eigenvalue weighted by Gasteiger charge is 2.12. The zero-order valence-electron chi connectivity index (χ0n) is 8.64. The van der Waals surface area contributed by atoms with E-state index in [2.05, 4.69) is 20.4 Å². The number of carboxylic acids is 1. The summed E-state index contributed by atoms with van der Waals surface area (Å²) >= 11 is 0. The smallest absolute Gasteiger partial charge is 0.357 e. The number of nitrogens with zero attached hydrogens (tertiary/aromatic N) is 2. The van der Waals surface area contributed by atoms with Crippen LogP contribution < -0.4 is 0 Å². The summed E-state index contributed by atoms with van der Waals surface area (Å²) in [6.45, 7) is 0. The predicted octanol–water partition coefficient (Wildman–Crippen LogP) is 1.65. The lowest BCUT2D eigenvalue weighted by molar-refractivity contribution is 0.0692. The fourth-order valence-corrected chi connectivity index (χ4v) is 1.77. The molecule has 17 heavy (non-hydrogen) atoms. The molecule has 1 aromatic carbocycles. The van der Waals surface area contributed by atoms with Crippen LogP contribution in [0.1, 0.15) is 10.5 Å². The van der Waals surface area contributed by atoms with Gasteiger partial charge in [-0.1, -0.05) is 6.07 Å². The van der Waals surface area contributed by atoms with Crippen molar-refractivity contribution in [3.63, 3.8) is 0 Å². The summed E-state index contributed by atoms with van der Waals surface area (Å²) in [4.78, 5) is 10.9. The molecular weight excluding hydrogens is 220 g/mol. The van der Waals surface area contributed by atoms with E-state index in [1.165, 1.54) is 0 Å². The molecule has 2 heterocycles. The third-order valence-electron chi connectivity index (χ3n) is 2.58. The first kappa shape index (κ1) is 9.59. The first-order valence-corrected chi connectivity index (χ1v) is 4.97. The summed E-state index contributed by atoms with van der Waals surface area (Å²) < 4.78 is 0. The van der Waals surface area contributed by atoms with Gasteiger partial charge in [-0.15, -0.1) is 0 Å². The van der Waals surface area contributed by atoms with Crippen molar-refractivity contribution in [1.29, 1.82) is 0 Å². The van der Waals surface area contributed by atoms with E-state index in [1.807, 2.05) is 18.2 Å². The number of carboxylic acid groups (broad SMARTS) is 1. The monoisotopic (exact) mass is 228 g/mol. The Labute approximate surface area is 95.3 Å². The fourth-order valence-electron chi connectivity index (χ4n) is 1.77. The largest absolute Gasteiger partial charge is 0.476 e. The van der Waals surface area contributed by atoms with Gasteiger partial charge in [0.1, 0.15) is 0 Å². The summed E-state index contributed by atoms with van der Waals surface area (Å²) in [5.41, 5.74) is 2.53. The number of carbonyl (C=O) groups is 1. The zero-order valence-corrected chi connectivity index (χ0v) is 8.64. The lowest BCUT2D eigenvalue weighted by atomic mass is 10.1. The van der Waals surface area contributed by atoms with Crippen molar-refractivity contribution in [2.75, 3.05) is 0 Å². The number of aromatic nitrogens is 4. The first-order chi connectivity index (χ1) is 8.25. The summed E-state index contributed by atoms with van der Waals surface area (Å²) in [7, 11) is 0. The van der Waals surface area contributed by atoms with Gasteiger partial charge in [-0.3, -0.25) is 10.2 Å². The van der Waals surface area contributed by atoms with Crippen molar-refractivity contribution >= 4 is 16.9 Å². The van der Waals surface area contributed by atoms with Crippen molar-refractivity contribution in [3.8, 4) is 11.3 Å². The van der Waals surface area contributed by atoms with Gasteiger partial charge < -0.3 is 5.11 Å². The van der Waals surface area contributed by atoms with Crippen LogP contribution in [-0.4, -0.2) is 31.5 Å². The Kier molecular flexibility index (Phi) is 1.94. The molecular formula is C11H8N4O2. The minimum Gasteiger partial charge on any atom is -0.476 e. The van der Waals surface area contributed by atoms with E-state index in [4.69, 9.17) is 5.11 Å². The van der Waals surface area contributed by atoms with Crippen LogP contribution in [0.5, 0.6) is 0 Å². The van der Waals surface area contributed by atoms with E-state index >= 15 is 0 Å². The first-order valence-electron chi connectivity index (χ1n) is 4.97. The molecule has 6 heteroatoms. The molecule has 0 spiro atoms. The molecule has 0 atom stereocenters. The second kappa shape index (κ2) is 3.44. The van der Waals surface area contributed by atoms with Crippen LogP contribution >= 0.6 is 0 Å². The van der Waals surface area contributed by atoms with Crippen LogP contribution in [0.3, 0.4) is 0 Å². The minimum absolute atomic E-state index is 0.0381. The van der Waals surface area contributed by atoms with Gasteiger partial charge in [0, 0.05) is 17.1 Å². The number of rotatable bonds is 2. The van der Waals surface area contributed by atoms with E-state index in [-0.39, 0.29) is 5.69 Å². The highest BCUT2D eigenvalue weighted by molar-refractivity contribution is 6.01. The lowest BCUT2D eigenvalue weighted by Crippen LogP contribution is -1.96. The van der Waals surface area contributed by atoms with Gasteiger partial charge in [-0.05, 0) is 18.2 Å². The van der Waals surface area contributed by atoms with Crippen molar-refractivity contribution < 1.29 is 9.90 Å². The van der Waals surface area contributed by atoms with Gasteiger partial charge >= 0.3 is 5.97 Å². The van der Waals surface area contributed by atoms with E-state index in [0.29, 0.717) is 10.9 Å². The maximum absolute atomic E-state index is 10.9. The van der Waals surface area contributed by atoms with E-state index < -0.39 is 5.97 Å². The lowest BCUT2D eigenvalue weighted by Gasteiger charge is -1.97. The Bertz CT molecular complexity index is 685. The average molecular weight is 228 g/mol. The Hall–Kier alpha value is -2.63. The molecule has 3 rings (SSSR count). The molecule has 0 aliphatic carbocycles. The molecule has 3 aromatic rings. The number of benzene rings is 1. The molecule has 0 saturated heterocycles. The third kappa shape index (κ3) is 1.46. The number of aromatic amines is 2. The molecule has 2 aromatic heterocycles. The standard InChI is InChI=1S/C11H8N4O2/c16-11(17)10-7-2-1-6(5-9(7)14-15-10)8-3-4-12-13-8/h1-5H,(H,12,13)(H,14,15)(H,16,17). The highest BCUT2D eigenvalue weighted by atomic mass is 16.4. The zero-order chi connectivity index (χ0) is 11.8. The maximum Gasteiger partial charge on any atom is 0.357 e. The van der Waals surface area contributed by atoms with Gasteiger partial charge in [-0.25, -0.2) is 4.79 Å². The van der Waals surface area contributed by atoms with Gasteiger partial charge in [0.15, 0.2) is 5.69 Å². The second-order valence-corrected chi connectivity index (χ2v) is 3.61. The van der Waals surface area contributed by atoms with Crippen LogP contribution in [0, 0.1) is 0 Å². The Morgan fingerprint density at radius 1 is 1.24 bits per heavy atom. The Morgan fingerprint density at radius 2 is 2.12 bits per heavy atom. The van der Waals surface area contributed by atoms with Gasteiger partial charge in [0.05, 0.1) is 11.2 Å². The normalized spacial score (nSPS) is 10.8. The van der Waals surface area contributed by atoms with Gasteiger partial charge in [0.25, 0.3) is 0 Å². The number of nitrogens with one attached hydrogen (secondary N) is 2. The summed E-state index contributed by atoms with van der Waals surface area (Å²) in [5.74, 6) is -1.04. The van der Waals surface area contributed by atoms with E-state index in [1.54, 1.807) is 12.3 Å². The van der Waals surface area contributed by atoms with Crippen molar-refractivity contribution in [1.82, 2.24) is 20.4 Å². The van der Waals surface area contributed by atoms with E-state index in [0.717, 1.165) is 11.3 Å². The number of hydrogen-bond donors (Lipinski definition) is 3. The SMILES string of the molecule is O=C(O)c1n[nH]c2cc(-c3ccn[nH]3)ccc12. The summed E-state index contributed by atoms with van der Waals surface area (Å²) in [6, 6.07) is 7.24. The molecule has 0 saturated carbocycles. The fraction of sp³-hybridized carbons (Fsp3) is 0. The topological polar surface area (TPSA) is 94.7 Å². The molecule has 0 fully saturated rings. The van der Waals surface area contributed by atoms with Crippen LogP contribution in [0.4, 0.5) is 0 Å². The molecule has 3 N–H and O–H groups in total. The second-order valence-electron chi connectivity index (χ2n) is 3.61. The molecule has 0 unspecified atom stereocenters. The Balaban J connectivity index is 2.18. The number of fused-ring (bicyclic) bond motifs is 1. The number of H-pyrrole nitrogens is 2. The summed E-state index contributed by atoms with van der Waals surface area (Å²) in [5, 5.41) is 22.7. The van der Waals surface area contributed by atoms with Gasteiger partial charge in [0.2, 0.25) is 0 Å². The maximum atomic E-state index is 10.9. The highest BCUT2D eigenvalue weighted by Crippen LogP contribution is 2.23. The predicted molar refractivity (Wildman–Crippen MR) is 60.6 cm³/mol. The van der Waals surface area contributed by atoms with Crippen molar-refractivity contribution in [3.05, 3.63) is 36.2 Å². The van der Waals surface area contributed by atoms with Gasteiger partial charge in [-0.2, -0.15) is 10.2 Å². The summed E-state index contributed by atoms with van der Waals surface area (Å²) in [6.07, 6.45) is 1.66. The molecule has 6 nitrogen and oxygen atoms in total. The average Bonchev–Trinajstić information content (AvgIpc) is 2.97. The number of aromatic carboxylic acids is 1. The molecule has 0 aliphatic rings. The van der Waals surface area contributed by atoms with Crippen LogP contribution in [0.15, 0.2) is 30.5 Å². The molecule has 0 radical (unpaired) electrons. The number of hydrogen-bond acceptors (Lipinski definition) is 3. The van der Waals surface area contributed by atoms with Crippen molar-refractivity contribution in [2.45, 2.75) is 0 Å². The van der Waals surface area contributed by atoms with Crippen molar-refractivity contribution in [2.24, 2.45) is 0 Å². The molecule has 0 bridgehead atoms. The van der Waals surface area contributed by atoms with Crippen LogP contribution in [0.2, 0.25) is 0 Å². The molecule has 0 aliphatic heterocycles. The van der Waals surface area contributed by atoms with E-state index in [9.17, 15) is 4.79 Å². The van der Waals surface area contributed by atoms with Crippen LogP contribution in [-0.2, 0) is 0 Å². The Morgan fingerprint density at radius 3 is 2.82 bits per heavy atom. The van der Waals surface area contributed by atoms with Crippen LogP contribution in [0.25, 0.3) is 22.2 Å². The third-order valence-corrected chi connectivity index (χ3v) is 2.58.